The van der Waals surface area contributed by atoms with Gasteiger partial charge < -0.3 is 5.32 Å². The molecule has 2 aliphatic rings. The van der Waals surface area contributed by atoms with Gasteiger partial charge in [0.15, 0.2) is 5.78 Å². The lowest BCUT2D eigenvalue weighted by molar-refractivity contribution is -0.117. The summed E-state index contributed by atoms with van der Waals surface area (Å²) in [4.78, 5) is 31.5. The van der Waals surface area contributed by atoms with Crippen LogP contribution < -0.4 is 5.32 Å². The molecule has 7 heteroatoms. The number of nitrogens with zero attached hydrogens (tertiary/aromatic N) is 2. The monoisotopic (exact) mass is 369 g/mol. The average molecular weight is 369 g/mol. The summed E-state index contributed by atoms with van der Waals surface area (Å²) in [7, 11) is 0. The zero-order chi connectivity index (χ0) is 19.0. The van der Waals surface area contributed by atoms with Crippen LogP contribution in [-0.2, 0) is 4.79 Å². The maximum Gasteiger partial charge on any atom is 0.238 e. The largest absolute Gasteiger partial charge is 0.325 e. The van der Waals surface area contributed by atoms with E-state index in [1.54, 1.807) is 6.07 Å². The predicted molar refractivity (Wildman–Crippen MR) is 97.4 cm³/mol. The molecule has 138 valence electrons. The number of piperidine rings is 1. The molecule has 1 amide bonds. The number of Topliss-reactive ketones (excluding diaryl/α,β-unsaturated/α-hetero) is 1. The van der Waals surface area contributed by atoms with E-state index >= 15 is 0 Å². The fourth-order valence-electron chi connectivity index (χ4n) is 3.56. The number of carbonyl (C=O) groups is 2. The maximum atomic E-state index is 13.2. The van der Waals surface area contributed by atoms with Crippen LogP contribution >= 0.6 is 0 Å². The fourth-order valence-corrected chi connectivity index (χ4v) is 3.56. The summed E-state index contributed by atoms with van der Waals surface area (Å²) < 4.78 is 26.5. The first-order valence-corrected chi connectivity index (χ1v) is 8.68. The standard InChI is InChI=1S/C20H17F2N3O2/c21-12-7-13(22)9-14(8-12)23-19(26)11-25-6-5-18-16(10-25)20(27)15-3-1-2-4-17(15)24-18/h1-4,7-9,16H,5-6,10-11H2,(H,23,26). The Kier molecular flexibility index (Phi) is 4.53. The summed E-state index contributed by atoms with van der Waals surface area (Å²) >= 11 is 0. The van der Waals surface area contributed by atoms with Crippen LogP contribution in [0.15, 0.2) is 47.5 Å². The number of benzene rings is 2. The van der Waals surface area contributed by atoms with Crippen LogP contribution in [0.4, 0.5) is 20.2 Å². The van der Waals surface area contributed by atoms with Gasteiger partial charge in [0.25, 0.3) is 0 Å². The Labute approximate surface area is 154 Å². The Morgan fingerprint density at radius 3 is 2.70 bits per heavy atom. The quantitative estimate of drug-likeness (QED) is 0.904. The van der Waals surface area contributed by atoms with E-state index in [0.29, 0.717) is 30.8 Å². The number of nitrogens with one attached hydrogen (secondary N) is 1. The number of aliphatic imine (C=N–C) groups is 1. The van der Waals surface area contributed by atoms with Gasteiger partial charge in [-0.15, -0.1) is 0 Å². The molecule has 4 rings (SSSR count). The molecule has 5 nitrogen and oxygen atoms in total. The molecule has 1 saturated heterocycles. The van der Waals surface area contributed by atoms with Crippen LogP contribution in [0.25, 0.3) is 0 Å². The van der Waals surface area contributed by atoms with Gasteiger partial charge in [-0.25, -0.2) is 8.78 Å². The minimum atomic E-state index is -0.754. The number of hydrogen-bond donors (Lipinski definition) is 1. The number of likely N-dealkylation sites (tertiary alicyclic amines) is 1. The van der Waals surface area contributed by atoms with Crippen molar-refractivity contribution in [1.82, 2.24) is 4.90 Å². The minimum absolute atomic E-state index is 0.0212. The van der Waals surface area contributed by atoms with Crippen LogP contribution in [0, 0.1) is 17.6 Å². The molecule has 0 spiro atoms. The van der Waals surface area contributed by atoms with E-state index in [1.807, 2.05) is 23.1 Å². The van der Waals surface area contributed by atoms with Gasteiger partial charge in [-0.3, -0.25) is 19.5 Å². The van der Waals surface area contributed by atoms with Gasteiger partial charge in [-0.1, -0.05) is 12.1 Å². The normalized spacial score (nSPS) is 19.1. The van der Waals surface area contributed by atoms with Crippen molar-refractivity contribution in [3.63, 3.8) is 0 Å². The Balaban J connectivity index is 1.43. The number of halogens is 2. The van der Waals surface area contributed by atoms with E-state index < -0.39 is 11.6 Å². The molecule has 0 aliphatic carbocycles. The highest BCUT2D eigenvalue weighted by Gasteiger charge is 2.36. The number of fused-ring (bicyclic) bond motifs is 2. The molecule has 1 unspecified atom stereocenters. The van der Waals surface area contributed by atoms with Gasteiger partial charge in [0.1, 0.15) is 11.6 Å². The first kappa shape index (κ1) is 17.5. The smallest absolute Gasteiger partial charge is 0.238 e. The number of ketones is 1. The van der Waals surface area contributed by atoms with E-state index in [9.17, 15) is 18.4 Å². The van der Waals surface area contributed by atoms with Gasteiger partial charge in [0, 0.05) is 36.1 Å². The number of anilines is 1. The second-order valence-electron chi connectivity index (χ2n) is 6.73. The Morgan fingerprint density at radius 1 is 1.19 bits per heavy atom. The number of carbonyl (C=O) groups excluding carboxylic acids is 2. The highest BCUT2D eigenvalue weighted by molar-refractivity contribution is 6.18. The Morgan fingerprint density at radius 2 is 1.93 bits per heavy atom. The summed E-state index contributed by atoms with van der Waals surface area (Å²) in [6, 6.07) is 10.1. The van der Waals surface area contributed by atoms with Crippen molar-refractivity contribution in [2.75, 3.05) is 25.0 Å². The highest BCUT2D eigenvalue weighted by atomic mass is 19.1. The molecule has 1 fully saturated rings. The molecular formula is C20H17F2N3O2. The molecule has 0 saturated carbocycles. The average Bonchev–Trinajstić information content (AvgIpc) is 2.61. The molecule has 27 heavy (non-hydrogen) atoms. The van der Waals surface area contributed by atoms with Gasteiger partial charge in [0.05, 0.1) is 18.2 Å². The van der Waals surface area contributed by atoms with Gasteiger partial charge >= 0.3 is 0 Å². The number of amides is 1. The van der Waals surface area contributed by atoms with Gasteiger partial charge in [-0.2, -0.15) is 0 Å². The number of rotatable bonds is 3. The summed E-state index contributed by atoms with van der Waals surface area (Å²) in [6.07, 6.45) is 0.604. The lowest BCUT2D eigenvalue weighted by atomic mass is 9.85. The second-order valence-corrected chi connectivity index (χ2v) is 6.73. The lowest BCUT2D eigenvalue weighted by Crippen LogP contribution is -2.47. The molecule has 0 aromatic heterocycles. The fraction of sp³-hybridized carbons (Fsp3) is 0.250. The Bertz CT molecular complexity index is 938. The zero-order valence-corrected chi connectivity index (χ0v) is 14.4. The van der Waals surface area contributed by atoms with Crippen LogP contribution in [0.5, 0.6) is 0 Å². The summed E-state index contributed by atoms with van der Waals surface area (Å²) in [5, 5.41) is 2.49. The van der Waals surface area contributed by atoms with E-state index in [4.69, 9.17) is 0 Å². The molecule has 0 bridgehead atoms. The predicted octanol–water partition coefficient (Wildman–Crippen LogP) is 3.19. The Hall–Kier alpha value is -2.93. The third-order valence-electron chi connectivity index (χ3n) is 4.79. The molecule has 0 radical (unpaired) electrons. The minimum Gasteiger partial charge on any atom is -0.325 e. The molecular weight excluding hydrogens is 352 g/mol. The van der Waals surface area contributed by atoms with E-state index in [-0.39, 0.29) is 29.8 Å². The third-order valence-corrected chi connectivity index (χ3v) is 4.79. The topological polar surface area (TPSA) is 61.8 Å². The van der Waals surface area contributed by atoms with Crippen molar-refractivity contribution in [2.24, 2.45) is 10.9 Å². The van der Waals surface area contributed by atoms with Crippen LogP contribution in [-0.4, -0.2) is 41.9 Å². The zero-order valence-electron chi connectivity index (χ0n) is 14.4. The summed E-state index contributed by atoms with van der Waals surface area (Å²) in [5.74, 6) is -2.23. The SMILES string of the molecule is O=C(CN1CCC2=Nc3ccccc3C(=O)C2C1)Nc1cc(F)cc(F)c1. The number of hydrogen-bond acceptors (Lipinski definition) is 4. The molecule has 2 heterocycles. The van der Waals surface area contributed by atoms with Gasteiger partial charge in [0.2, 0.25) is 5.91 Å². The number of para-hydroxylation sites is 1. The van der Waals surface area contributed by atoms with E-state index in [2.05, 4.69) is 10.3 Å². The van der Waals surface area contributed by atoms with Crippen LogP contribution in [0.3, 0.4) is 0 Å². The summed E-state index contributed by atoms with van der Waals surface area (Å²) in [5.41, 5.74) is 2.22. The van der Waals surface area contributed by atoms with E-state index in [1.165, 1.54) is 0 Å². The molecule has 2 aromatic rings. The van der Waals surface area contributed by atoms with Gasteiger partial charge in [-0.05, 0) is 30.7 Å². The van der Waals surface area contributed by atoms with E-state index in [0.717, 1.165) is 23.9 Å². The third kappa shape index (κ3) is 3.64. The van der Waals surface area contributed by atoms with Crippen LogP contribution in [0.2, 0.25) is 0 Å². The van der Waals surface area contributed by atoms with Crippen molar-refractivity contribution < 1.29 is 18.4 Å². The first-order valence-electron chi connectivity index (χ1n) is 8.68. The lowest BCUT2D eigenvalue weighted by Gasteiger charge is -2.34. The van der Waals surface area contributed by atoms with Crippen molar-refractivity contribution in [2.45, 2.75) is 6.42 Å². The summed E-state index contributed by atoms with van der Waals surface area (Å²) in [6.45, 7) is 1.03. The molecule has 2 aliphatic heterocycles. The maximum absolute atomic E-state index is 13.2. The van der Waals surface area contributed by atoms with Crippen molar-refractivity contribution in [3.05, 3.63) is 59.7 Å². The van der Waals surface area contributed by atoms with Crippen LogP contribution in [0.1, 0.15) is 16.8 Å². The molecule has 1 N–H and O–H groups in total. The molecule has 2 aromatic carbocycles. The van der Waals surface area contributed by atoms with Crippen molar-refractivity contribution in [1.29, 1.82) is 0 Å². The molecule has 1 atom stereocenters. The van der Waals surface area contributed by atoms with Crippen molar-refractivity contribution in [3.8, 4) is 0 Å². The highest BCUT2D eigenvalue weighted by Crippen LogP contribution is 2.31. The second kappa shape index (κ2) is 7.00. The van der Waals surface area contributed by atoms with Crippen molar-refractivity contribution >= 4 is 28.8 Å². The first-order chi connectivity index (χ1) is 13.0.